The van der Waals surface area contributed by atoms with E-state index in [0.29, 0.717) is 18.6 Å². The number of carbonyl (C=O) groups is 1. The molecule has 0 saturated carbocycles. The number of carboxylic acids is 1. The molecule has 1 N–H and O–H groups in total. The van der Waals surface area contributed by atoms with Crippen molar-refractivity contribution in [2.75, 3.05) is 31.1 Å². The van der Waals surface area contributed by atoms with E-state index in [4.69, 9.17) is 5.11 Å². The Morgan fingerprint density at radius 3 is 2.38 bits per heavy atom. The minimum absolute atomic E-state index is 0.0102. The molecule has 0 aromatic heterocycles. The maximum Gasteiger partial charge on any atom is 0.304 e. The molecule has 7 heteroatoms. The van der Waals surface area contributed by atoms with Gasteiger partial charge in [-0.05, 0) is 39.8 Å². The van der Waals surface area contributed by atoms with Gasteiger partial charge in [0.1, 0.15) is 0 Å². The van der Waals surface area contributed by atoms with E-state index in [9.17, 15) is 13.2 Å². The molecule has 0 aromatic rings. The normalized spacial score (nSPS) is 28.8. The molecular weight excluding hydrogens is 292 g/mol. The summed E-state index contributed by atoms with van der Waals surface area (Å²) >= 11 is 0. The molecule has 2 aliphatic rings. The lowest BCUT2D eigenvalue weighted by Crippen LogP contribution is -2.56. The van der Waals surface area contributed by atoms with Crippen LogP contribution in [0.3, 0.4) is 0 Å². The van der Waals surface area contributed by atoms with E-state index < -0.39 is 15.8 Å². The van der Waals surface area contributed by atoms with Crippen molar-refractivity contribution in [3.63, 3.8) is 0 Å². The Kier molecular flexibility index (Phi) is 5.27. The monoisotopic (exact) mass is 318 g/mol. The summed E-state index contributed by atoms with van der Waals surface area (Å²) in [4.78, 5) is 15.6. The van der Waals surface area contributed by atoms with E-state index in [-0.39, 0.29) is 24.0 Å². The standard InChI is InChI=1S/C14H26N2O4S/c1-11(2)15-5-3-12(4-6-15)16-7-8-21(19,20)10-13(16)9-14(17)18/h11-13H,3-10H2,1-2H3,(H,17,18). The van der Waals surface area contributed by atoms with Gasteiger partial charge < -0.3 is 10.0 Å². The Morgan fingerprint density at radius 1 is 1.24 bits per heavy atom. The van der Waals surface area contributed by atoms with Crippen molar-refractivity contribution in [1.29, 1.82) is 0 Å². The fraction of sp³-hybridized carbons (Fsp3) is 0.929. The van der Waals surface area contributed by atoms with E-state index >= 15 is 0 Å². The van der Waals surface area contributed by atoms with Crippen molar-refractivity contribution in [3.05, 3.63) is 0 Å². The minimum Gasteiger partial charge on any atom is -0.481 e. The van der Waals surface area contributed by atoms with Gasteiger partial charge in [0.05, 0.1) is 17.9 Å². The summed E-state index contributed by atoms with van der Waals surface area (Å²) in [6.07, 6.45) is 1.91. The summed E-state index contributed by atoms with van der Waals surface area (Å²) in [5.74, 6) is -0.765. The Morgan fingerprint density at radius 2 is 1.86 bits per heavy atom. The van der Waals surface area contributed by atoms with Crippen LogP contribution in [0.15, 0.2) is 0 Å². The van der Waals surface area contributed by atoms with Crippen LogP contribution in [0.2, 0.25) is 0 Å². The Labute approximate surface area is 127 Å². The van der Waals surface area contributed by atoms with Gasteiger partial charge >= 0.3 is 5.97 Å². The van der Waals surface area contributed by atoms with Gasteiger partial charge in [0.15, 0.2) is 9.84 Å². The number of carboxylic acid groups (broad SMARTS) is 1. The third-order valence-electron chi connectivity index (χ3n) is 4.68. The first kappa shape index (κ1) is 16.7. The fourth-order valence-electron chi connectivity index (χ4n) is 3.49. The Balaban J connectivity index is 2.02. The first-order valence-electron chi connectivity index (χ1n) is 7.70. The van der Waals surface area contributed by atoms with Gasteiger partial charge in [-0.15, -0.1) is 0 Å². The summed E-state index contributed by atoms with van der Waals surface area (Å²) in [5, 5.41) is 9.04. The average Bonchev–Trinajstić information content (AvgIpc) is 2.37. The molecule has 6 nitrogen and oxygen atoms in total. The van der Waals surface area contributed by atoms with Gasteiger partial charge in [0.2, 0.25) is 0 Å². The molecular formula is C14H26N2O4S. The number of sulfone groups is 1. The van der Waals surface area contributed by atoms with Crippen molar-refractivity contribution in [2.45, 2.75) is 51.2 Å². The highest BCUT2D eigenvalue weighted by Gasteiger charge is 2.37. The molecule has 0 bridgehead atoms. The SMILES string of the molecule is CC(C)N1CCC(N2CCS(=O)(=O)CC2CC(=O)O)CC1. The van der Waals surface area contributed by atoms with Crippen molar-refractivity contribution in [3.8, 4) is 0 Å². The van der Waals surface area contributed by atoms with Gasteiger partial charge in [0.25, 0.3) is 0 Å². The molecule has 0 amide bonds. The summed E-state index contributed by atoms with van der Waals surface area (Å²) in [6.45, 7) is 6.85. The van der Waals surface area contributed by atoms with Gasteiger partial charge in [-0.25, -0.2) is 8.42 Å². The molecule has 21 heavy (non-hydrogen) atoms. The molecule has 0 radical (unpaired) electrons. The first-order valence-corrected chi connectivity index (χ1v) is 9.52. The van der Waals surface area contributed by atoms with Gasteiger partial charge in [0, 0.05) is 24.7 Å². The van der Waals surface area contributed by atoms with E-state index in [1.54, 1.807) is 0 Å². The summed E-state index contributed by atoms with van der Waals surface area (Å²) < 4.78 is 23.6. The topological polar surface area (TPSA) is 77.9 Å². The third-order valence-corrected chi connectivity index (χ3v) is 6.38. The first-order chi connectivity index (χ1) is 9.78. The second-order valence-electron chi connectivity index (χ2n) is 6.46. The highest BCUT2D eigenvalue weighted by Crippen LogP contribution is 2.25. The van der Waals surface area contributed by atoms with Gasteiger partial charge in [-0.3, -0.25) is 9.69 Å². The summed E-state index contributed by atoms with van der Waals surface area (Å²) in [5.41, 5.74) is 0. The molecule has 0 spiro atoms. The molecule has 2 heterocycles. The number of hydrogen-bond donors (Lipinski definition) is 1. The Bertz CT molecular complexity index is 469. The van der Waals surface area contributed by atoms with Crippen LogP contribution in [-0.2, 0) is 14.6 Å². The molecule has 1 atom stereocenters. The van der Waals surface area contributed by atoms with Gasteiger partial charge in [-0.1, -0.05) is 0 Å². The molecule has 2 saturated heterocycles. The summed E-state index contributed by atoms with van der Waals surface area (Å²) in [6, 6.07) is 0.485. The number of aliphatic carboxylic acids is 1. The van der Waals surface area contributed by atoms with Crippen LogP contribution in [0.1, 0.15) is 33.1 Å². The zero-order valence-corrected chi connectivity index (χ0v) is 13.7. The van der Waals surface area contributed by atoms with Crippen LogP contribution >= 0.6 is 0 Å². The highest BCUT2D eigenvalue weighted by atomic mass is 32.2. The zero-order chi connectivity index (χ0) is 15.6. The van der Waals surface area contributed by atoms with Crippen LogP contribution in [0, 0.1) is 0 Å². The van der Waals surface area contributed by atoms with Crippen LogP contribution in [0.5, 0.6) is 0 Å². The molecule has 2 fully saturated rings. The van der Waals surface area contributed by atoms with Crippen molar-refractivity contribution in [2.24, 2.45) is 0 Å². The van der Waals surface area contributed by atoms with Gasteiger partial charge in [-0.2, -0.15) is 0 Å². The maximum atomic E-state index is 11.8. The molecule has 1 unspecified atom stereocenters. The minimum atomic E-state index is -3.09. The van der Waals surface area contributed by atoms with Crippen molar-refractivity contribution in [1.82, 2.24) is 9.80 Å². The molecule has 2 rings (SSSR count). The predicted molar refractivity (Wildman–Crippen MR) is 81.1 cm³/mol. The van der Waals surface area contributed by atoms with Crippen molar-refractivity contribution >= 4 is 15.8 Å². The average molecular weight is 318 g/mol. The second-order valence-corrected chi connectivity index (χ2v) is 8.69. The summed E-state index contributed by atoms with van der Waals surface area (Å²) in [7, 11) is -3.09. The predicted octanol–water partition coefficient (Wildman–Crippen LogP) is 0.433. The van der Waals surface area contributed by atoms with Crippen LogP contribution in [0.25, 0.3) is 0 Å². The number of hydrogen-bond acceptors (Lipinski definition) is 5. The van der Waals surface area contributed by atoms with Crippen LogP contribution < -0.4 is 0 Å². The number of piperidine rings is 1. The van der Waals surface area contributed by atoms with Crippen molar-refractivity contribution < 1.29 is 18.3 Å². The molecule has 0 aliphatic carbocycles. The quantitative estimate of drug-likeness (QED) is 0.810. The highest BCUT2D eigenvalue weighted by molar-refractivity contribution is 7.91. The second kappa shape index (κ2) is 6.62. The molecule has 0 aromatic carbocycles. The smallest absolute Gasteiger partial charge is 0.304 e. The largest absolute Gasteiger partial charge is 0.481 e. The Hall–Kier alpha value is -0.660. The molecule has 122 valence electrons. The lowest BCUT2D eigenvalue weighted by Gasteiger charge is -2.44. The van der Waals surface area contributed by atoms with E-state index in [0.717, 1.165) is 25.9 Å². The third kappa shape index (κ3) is 4.40. The molecule has 2 aliphatic heterocycles. The fourth-order valence-corrected chi connectivity index (χ4v) is 5.04. The van der Waals surface area contributed by atoms with Crippen LogP contribution in [-0.4, -0.2) is 78.6 Å². The lowest BCUT2D eigenvalue weighted by molar-refractivity contribution is -0.138. The van der Waals surface area contributed by atoms with E-state index in [2.05, 4.69) is 23.6 Å². The lowest BCUT2D eigenvalue weighted by atomic mass is 9.99. The van der Waals surface area contributed by atoms with E-state index in [1.807, 2.05) is 0 Å². The number of rotatable bonds is 4. The maximum absolute atomic E-state index is 11.8. The number of likely N-dealkylation sites (tertiary alicyclic amines) is 1. The number of nitrogens with zero attached hydrogens (tertiary/aromatic N) is 2. The van der Waals surface area contributed by atoms with Crippen LogP contribution in [0.4, 0.5) is 0 Å². The zero-order valence-electron chi connectivity index (χ0n) is 12.9. The van der Waals surface area contributed by atoms with E-state index in [1.165, 1.54) is 0 Å².